The summed E-state index contributed by atoms with van der Waals surface area (Å²) in [5, 5.41) is 1.17. The molecule has 0 unspecified atom stereocenters. The predicted molar refractivity (Wildman–Crippen MR) is 107 cm³/mol. The van der Waals surface area contributed by atoms with E-state index >= 15 is 0 Å². The molecule has 0 radical (unpaired) electrons. The van der Waals surface area contributed by atoms with Gasteiger partial charge >= 0.3 is 0 Å². The highest BCUT2D eigenvalue weighted by Crippen LogP contribution is 2.40. The lowest BCUT2D eigenvalue weighted by Gasteiger charge is -2.05. The van der Waals surface area contributed by atoms with Crippen LogP contribution in [-0.4, -0.2) is 9.38 Å². The molecule has 5 aromatic rings. The molecule has 0 saturated carbocycles. The molecule has 0 fully saturated rings. The van der Waals surface area contributed by atoms with Crippen LogP contribution in [0, 0.1) is 0 Å². The zero-order valence-corrected chi connectivity index (χ0v) is 14.9. The Labute approximate surface area is 153 Å². The molecule has 0 atom stereocenters. The van der Waals surface area contributed by atoms with Crippen molar-refractivity contribution in [3.8, 4) is 11.3 Å². The highest BCUT2D eigenvalue weighted by atomic mass is 32.2. The first kappa shape index (κ1) is 14.8. The first-order valence-corrected chi connectivity index (χ1v) is 9.72. The van der Waals surface area contributed by atoms with Crippen molar-refractivity contribution in [2.45, 2.75) is 9.92 Å². The number of imidazole rings is 1. The molecule has 25 heavy (non-hydrogen) atoms. The largest absolute Gasteiger partial charge is 0.277 e. The highest BCUT2D eigenvalue weighted by molar-refractivity contribution is 7.99. The minimum absolute atomic E-state index is 1.04. The molecule has 4 heteroatoms. The molecule has 2 nitrogen and oxygen atoms in total. The molecular weight excluding hydrogens is 344 g/mol. The summed E-state index contributed by atoms with van der Waals surface area (Å²) >= 11 is 3.51. The van der Waals surface area contributed by atoms with Gasteiger partial charge in [-0.1, -0.05) is 83.8 Å². The zero-order chi connectivity index (χ0) is 16.6. The monoisotopic (exact) mass is 358 g/mol. The maximum absolute atomic E-state index is 4.98. The molecule has 3 aromatic carbocycles. The quantitative estimate of drug-likeness (QED) is 0.373. The number of hydrogen-bond donors (Lipinski definition) is 0. The van der Waals surface area contributed by atoms with E-state index in [1.54, 1.807) is 23.1 Å². The van der Waals surface area contributed by atoms with E-state index in [0.717, 1.165) is 16.2 Å². The summed E-state index contributed by atoms with van der Waals surface area (Å²) in [5.41, 5.74) is 3.42. The van der Waals surface area contributed by atoms with Crippen LogP contribution >= 0.6 is 23.1 Å². The summed E-state index contributed by atoms with van der Waals surface area (Å²) in [6.07, 6.45) is 0. The Hall–Kier alpha value is -2.56. The minimum Gasteiger partial charge on any atom is -0.277 e. The number of aromatic nitrogens is 2. The summed E-state index contributed by atoms with van der Waals surface area (Å²) in [7, 11) is 0. The van der Waals surface area contributed by atoms with E-state index in [2.05, 4.69) is 77.2 Å². The predicted octanol–water partition coefficient (Wildman–Crippen LogP) is 6.37. The van der Waals surface area contributed by atoms with Crippen molar-refractivity contribution < 1.29 is 0 Å². The molecule has 0 bridgehead atoms. The third kappa shape index (κ3) is 2.54. The van der Waals surface area contributed by atoms with Gasteiger partial charge in [-0.3, -0.25) is 4.40 Å². The van der Waals surface area contributed by atoms with Gasteiger partial charge in [-0.25, -0.2) is 4.98 Å². The second-order valence-corrected chi connectivity index (χ2v) is 7.81. The van der Waals surface area contributed by atoms with Gasteiger partial charge in [0.25, 0.3) is 0 Å². The summed E-state index contributed by atoms with van der Waals surface area (Å²) < 4.78 is 3.56. The summed E-state index contributed by atoms with van der Waals surface area (Å²) in [6, 6.07) is 29.4. The van der Waals surface area contributed by atoms with Crippen LogP contribution in [-0.2, 0) is 0 Å². The topological polar surface area (TPSA) is 17.3 Å². The van der Waals surface area contributed by atoms with E-state index < -0.39 is 0 Å². The molecule has 0 spiro atoms. The van der Waals surface area contributed by atoms with Crippen LogP contribution in [0.15, 0.2) is 94.9 Å². The molecule has 0 saturated heterocycles. The number of para-hydroxylation sites is 1. The summed E-state index contributed by atoms with van der Waals surface area (Å²) in [6.45, 7) is 0. The highest BCUT2D eigenvalue weighted by Gasteiger charge is 2.19. The lowest BCUT2D eigenvalue weighted by Crippen LogP contribution is -1.86. The van der Waals surface area contributed by atoms with Gasteiger partial charge in [-0.2, -0.15) is 0 Å². The van der Waals surface area contributed by atoms with Crippen molar-refractivity contribution in [1.82, 2.24) is 9.38 Å². The Balaban J connectivity index is 1.80. The molecule has 0 aliphatic rings. The van der Waals surface area contributed by atoms with Gasteiger partial charge < -0.3 is 0 Å². The van der Waals surface area contributed by atoms with Gasteiger partial charge in [-0.05, 0) is 24.3 Å². The average Bonchev–Trinajstić information content (AvgIpc) is 3.20. The first-order valence-electron chi connectivity index (χ1n) is 8.08. The Bertz CT molecular complexity index is 1160. The Morgan fingerprint density at radius 3 is 2.24 bits per heavy atom. The Morgan fingerprint density at radius 1 is 0.760 bits per heavy atom. The van der Waals surface area contributed by atoms with Crippen molar-refractivity contribution in [3.05, 3.63) is 84.9 Å². The average molecular weight is 358 g/mol. The van der Waals surface area contributed by atoms with Crippen LogP contribution < -0.4 is 0 Å². The van der Waals surface area contributed by atoms with E-state index in [-0.39, 0.29) is 0 Å². The Kier molecular flexibility index (Phi) is 3.58. The molecule has 0 N–H and O–H groups in total. The molecule has 120 valence electrons. The number of benzene rings is 3. The maximum Gasteiger partial charge on any atom is 0.196 e. The van der Waals surface area contributed by atoms with Gasteiger partial charge in [-0.15, -0.1) is 0 Å². The smallest absolute Gasteiger partial charge is 0.196 e. The van der Waals surface area contributed by atoms with Gasteiger partial charge in [0.05, 0.1) is 10.2 Å². The van der Waals surface area contributed by atoms with Gasteiger partial charge in [0.1, 0.15) is 10.7 Å². The molecule has 2 heterocycles. The second-order valence-electron chi connectivity index (χ2n) is 5.73. The van der Waals surface area contributed by atoms with E-state index in [4.69, 9.17) is 4.98 Å². The van der Waals surface area contributed by atoms with Crippen LogP contribution in [0.25, 0.3) is 26.4 Å². The third-order valence-corrected chi connectivity index (χ3v) is 6.22. The minimum atomic E-state index is 1.04. The van der Waals surface area contributed by atoms with E-state index in [1.165, 1.54) is 20.1 Å². The number of hydrogen-bond acceptors (Lipinski definition) is 3. The van der Waals surface area contributed by atoms with E-state index in [0.29, 0.717) is 0 Å². The van der Waals surface area contributed by atoms with Crippen molar-refractivity contribution in [2.75, 3.05) is 0 Å². The number of rotatable bonds is 3. The van der Waals surface area contributed by atoms with Crippen LogP contribution in [0.2, 0.25) is 0 Å². The number of nitrogens with zero attached hydrogens (tertiary/aromatic N) is 2. The fourth-order valence-corrected chi connectivity index (χ4v) is 5.11. The van der Waals surface area contributed by atoms with Crippen molar-refractivity contribution >= 4 is 38.3 Å². The zero-order valence-electron chi connectivity index (χ0n) is 13.3. The molecule has 2 aromatic heterocycles. The van der Waals surface area contributed by atoms with Crippen molar-refractivity contribution in [2.24, 2.45) is 0 Å². The third-order valence-electron chi connectivity index (χ3n) is 4.12. The van der Waals surface area contributed by atoms with Gasteiger partial charge in [0, 0.05) is 10.5 Å². The molecular formula is C21H14N2S2. The summed E-state index contributed by atoms with van der Waals surface area (Å²) in [5.74, 6) is 0. The van der Waals surface area contributed by atoms with E-state index in [9.17, 15) is 0 Å². The number of thiazole rings is 1. The van der Waals surface area contributed by atoms with Gasteiger partial charge in [0.2, 0.25) is 0 Å². The van der Waals surface area contributed by atoms with Crippen LogP contribution in [0.1, 0.15) is 0 Å². The molecule has 0 amide bonds. The lowest BCUT2D eigenvalue weighted by atomic mass is 10.2. The van der Waals surface area contributed by atoms with E-state index in [1.807, 2.05) is 12.1 Å². The molecule has 5 rings (SSSR count). The van der Waals surface area contributed by atoms with Crippen LogP contribution in [0.5, 0.6) is 0 Å². The lowest BCUT2D eigenvalue weighted by molar-refractivity contribution is 1.12. The van der Waals surface area contributed by atoms with Crippen LogP contribution in [0.3, 0.4) is 0 Å². The number of fused-ring (bicyclic) bond motifs is 3. The maximum atomic E-state index is 4.98. The Morgan fingerprint density at radius 2 is 1.44 bits per heavy atom. The SMILES string of the molecule is c1ccc(Sc2c(-c3ccccc3)nc3sc4ccccc4n23)cc1. The van der Waals surface area contributed by atoms with Crippen LogP contribution in [0.4, 0.5) is 0 Å². The normalized spacial score (nSPS) is 11.4. The van der Waals surface area contributed by atoms with Gasteiger partial charge in [0.15, 0.2) is 4.96 Å². The standard InChI is InChI=1S/C21H14N2S2/c1-3-9-15(10-4-1)19-20(24-16-11-5-2-6-12-16)23-17-13-7-8-14-18(17)25-21(23)22-19/h1-14H. The fraction of sp³-hybridized carbons (Fsp3) is 0. The second kappa shape index (κ2) is 6.06. The van der Waals surface area contributed by atoms with Crippen molar-refractivity contribution in [1.29, 1.82) is 0 Å². The first-order chi connectivity index (χ1) is 12.4. The van der Waals surface area contributed by atoms with Crippen molar-refractivity contribution in [3.63, 3.8) is 0 Å². The molecule has 0 aliphatic heterocycles. The fourth-order valence-electron chi connectivity index (χ4n) is 2.97. The molecule has 0 aliphatic carbocycles. The summed E-state index contributed by atoms with van der Waals surface area (Å²) in [4.78, 5) is 7.24.